The summed E-state index contributed by atoms with van der Waals surface area (Å²) in [6.07, 6.45) is 2.72. The highest BCUT2D eigenvalue weighted by atomic mass is 16.2. The van der Waals surface area contributed by atoms with E-state index < -0.39 is 0 Å². The molecule has 1 N–H and O–H groups in total. The first-order chi connectivity index (χ1) is 9.65. The Labute approximate surface area is 118 Å². The van der Waals surface area contributed by atoms with Gasteiger partial charge in [-0.3, -0.25) is 14.5 Å². The van der Waals surface area contributed by atoms with Crippen molar-refractivity contribution in [3.05, 3.63) is 47.5 Å². The van der Waals surface area contributed by atoms with Crippen LogP contribution in [0.1, 0.15) is 28.8 Å². The molecule has 2 aliphatic rings. The number of nitrogens with one attached hydrogen (secondary N) is 1. The van der Waals surface area contributed by atoms with Crippen molar-refractivity contribution in [3.8, 4) is 0 Å². The van der Waals surface area contributed by atoms with Gasteiger partial charge >= 0.3 is 0 Å². The normalized spacial score (nSPS) is 18.1. The van der Waals surface area contributed by atoms with E-state index in [1.165, 1.54) is 17.7 Å². The van der Waals surface area contributed by atoms with Crippen LogP contribution >= 0.6 is 0 Å². The lowest BCUT2D eigenvalue weighted by Crippen LogP contribution is -2.44. The SMILES string of the molecule is C=C(CNC1CC1)CN1C(=O)Cc2ccccc2C1=O. The summed E-state index contributed by atoms with van der Waals surface area (Å²) in [4.78, 5) is 25.8. The minimum Gasteiger partial charge on any atom is -0.310 e. The molecule has 3 rings (SSSR count). The van der Waals surface area contributed by atoms with Crippen LogP contribution in [0.4, 0.5) is 0 Å². The first kappa shape index (κ1) is 13.1. The van der Waals surface area contributed by atoms with Gasteiger partial charge < -0.3 is 5.32 Å². The molecular weight excluding hydrogens is 252 g/mol. The third-order valence-electron chi connectivity index (χ3n) is 3.74. The highest BCUT2D eigenvalue weighted by molar-refractivity contribution is 6.09. The highest BCUT2D eigenvalue weighted by Crippen LogP contribution is 2.21. The molecule has 1 fully saturated rings. The van der Waals surface area contributed by atoms with Crippen LogP contribution in [0.3, 0.4) is 0 Å². The second kappa shape index (κ2) is 5.21. The van der Waals surface area contributed by atoms with Gasteiger partial charge in [0.15, 0.2) is 0 Å². The van der Waals surface area contributed by atoms with E-state index in [1.807, 2.05) is 18.2 Å². The molecule has 4 heteroatoms. The van der Waals surface area contributed by atoms with Gasteiger partial charge in [0.2, 0.25) is 5.91 Å². The van der Waals surface area contributed by atoms with Gasteiger partial charge in [-0.25, -0.2) is 0 Å². The Morgan fingerprint density at radius 2 is 2.05 bits per heavy atom. The zero-order valence-corrected chi connectivity index (χ0v) is 11.4. The summed E-state index contributed by atoms with van der Waals surface area (Å²) in [5, 5.41) is 3.35. The fraction of sp³-hybridized carbons (Fsp3) is 0.375. The number of amides is 2. The summed E-state index contributed by atoms with van der Waals surface area (Å²) in [5.74, 6) is -0.342. The molecule has 20 heavy (non-hydrogen) atoms. The minimum absolute atomic E-state index is 0.138. The highest BCUT2D eigenvalue weighted by Gasteiger charge is 2.30. The van der Waals surface area contributed by atoms with E-state index in [9.17, 15) is 9.59 Å². The van der Waals surface area contributed by atoms with E-state index in [0.29, 0.717) is 31.1 Å². The van der Waals surface area contributed by atoms with Crippen LogP contribution in [0.2, 0.25) is 0 Å². The number of carbonyl (C=O) groups excluding carboxylic acids is 2. The van der Waals surface area contributed by atoms with Crippen molar-refractivity contribution in [2.45, 2.75) is 25.3 Å². The number of imide groups is 1. The van der Waals surface area contributed by atoms with Crippen molar-refractivity contribution < 1.29 is 9.59 Å². The van der Waals surface area contributed by atoms with Crippen LogP contribution in [0.25, 0.3) is 0 Å². The third-order valence-corrected chi connectivity index (χ3v) is 3.74. The summed E-state index contributed by atoms with van der Waals surface area (Å²) >= 11 is 0. The van der Waals surface area contributed by atoms with E-state index in [-0.39, 0.29) is 11.8 Å². The van der Waals surface area contributed by atoms with Gasteiger partial charge in [0, 0.05) is 18.2 Å². The lowest BCUT2D eigenvalue weighted by Gasteiger charge is -2.27. The summed E-state index contributed by atoms with van der Waals surface area (Å²) in [5.41, 5.74) is 2.33. The fourth-order valence-electron chi connectivity index (χ4n) is 2.42. The van der Waals surface area contributed by atoms with Crippen molar-refractivity contribution in [2.24, 2.45) is 0 Å². The lowest BCUT2D eigenvalue weighted by molar-refractivity contribution is -0.128. The average Bonchev–Trinajstić information content (AvgIpc) is 3.25. The van der Waals surface area contributed by atoms with E-state index in [4.69, 9.17) is 0 Å². The Morgan fingerprint density at radius 1 is 1.30 bits per heavy atom. The molecular formula is C16H18N2O2. The fourth-order valence-corrected chi connectivity index (χ4v) is 2.42. The van der Waals surface area contributed by atoms with E-state index in [2.05, 4.69) is 11.9 Å². The number of fused-ring (bicyclic) bond motifs is 1. The van der Waals surface area contributed by atoms with Crippen molar-refractivity contribution in [3.63, 3.8) is 0 Å². The Morgan fingerprint density at radius 3 is 2.80 bits per heavy atom. The molecule has 1 heterocycles. The van der Waals surface area contributed by atoms with Crippen LogP contribution < -0.4 is 5.32 Å². The summed E-state index contributed by atoms with van der Waals surface area (Å²) < 4.78 is 0. The van der Waals surface area contributed by atoms with Gasteiger partial charge in [-0.05, 0) is 30.0 Å². The largest absolute Gasteiger partial charge is 0.310 e. The predicted molar refractivity (Wildman–Crippen MR) is 76.4 cm³/mol. The maximum absolute atomic E-state index is 12.4. The lowest BCUT2D eigenvalue weighted by atomic mass is 9.98. The quantitative estimate of drug-likeness (QED) is 0.652. The average molecular weight is 270 g/mol. The molecule has 0 spiro atoms. The zero-order chi connectivity index (χ0) is 14.1. The van der Waals surface area contributed by atoms with Crippen LogP contribution in [0, 0.1) is 0 Å². The number of hydrogen-bond donors (Lipinski definition) is 1. The molecule has 1 saturated carbocycles. The standard InChI is InChI=1S/C16H18N2O2/c1-11(9-17-13-6-7-13)10-18-15(19)8-12-4-2-3-5-14(12)16(18)20/h2-5,13,17H,1,6-10H2. The molecule has 2 amide bonds. The van der Waals surface area contributed by atoms with E-state index in [0.717, 1.165) is 11.1 Å². The van der Waals surface area contributed by atoms with E-state index in [1.54, 1.807) is 6.07 Å². The molecule has 0 aromatic heterocycles. The molecule has 4 nitrogen and oxygen atoms in total. The Bertz CT molecular complexity index is 576. The topological polar surface area (TPSA) is 49.4 Å². The second-order valence-electron chi connectivity index (χ2n) is 5.52. The molecule has 0 unspecified atom stereocenters. The Kier molecular flexibility index (Phi) is 3.40. The number of carbonyl (C=O) groups is 2. The predicted octanol–water partition coefficient (Wildman–Crippen LogP) is 1.52. The summed E-state index contributed by atoms with van der Waals surface area (Å²) in [7, 11) is 0. The second-order valence-corrected chi connectivity index (χ2v) is 5.52. The van der Waals surface area contributed by atoms with Crippen molar-refractivity contribution >= 4 is 11.8 Å². The molecule has 0 saturated heterocycles. The van der Waals surface area contributed by atoms with Gasteiger partial charge in [0.1, 0.15) is 0 Å². The van der Waals surface area contributed by atoms with Crippen LogP contribution in [-0.4, -0.2) is 35.8 Å². The number of rotatable bonds is 5. The summed E-state index contributed by atoms with van der Waals surface area (Å²) in [6, 6.07) is 7.90. The van der Waals surface area contributed by atoms with Crippen molar-refractivity contribution in [1.29, 1.82) is 0 Å². The smallest absolute Gasteiger partial charge is 0.261 e. The number of nitrogens with zero attached hydrogens (tertiary/aromatic N) is 1. The summed E-state index contributed by atoms with van der Waals surface area (Å²) in [6.45, 7) is 4.95. The molecule has 0 atom stereocenters. The molecule has 0 bridgehead atoms. The maximum atomic E-state index is 12.4. The van der Waals surface area contributed by atoms with Crippen molar-refractivity contribution in [1.82, 2.24) is 10.2 Å². The van der Waals surface area contributed by atoms with Gasteiger partial charge in [-0.2, -0.15) is 0 Å². The van der Waals surface area contributed by atoms with Crippen LogP contribution in [0.15, 0.2) is 36.4 Å². The van der Waals surface area contributed by atoms with E-state index >= 15 is 0 Å². The Hall–Kier alpha value is -1.94. The van der Waals surface area contributed by atoms with Crippen LogP contribution in [0.5, 0.6) is 0 Å². The molecule has 1 aromatic carbocycles. The molecule has 0 radical (unpaired) electrons. The zero-order valence-electron chi connectivity index (χ0n) is 11.4. The van der Waals surface area contributed by atoms with Gasteiger partial charge in [-0.1, -0.05) is 24.8 Å². The number of hydrogen-bond acceptors (Lipinski definition) is 3. The minimum atomic E-state index is -0.204. The first-order valence-corrected chi connectivity index (χ1v) is 6.98. The third kappa shape index (κ3) is 2.65. The molecule has 104 valence electrons. The first-order valence-electron chi connectivity index (χ1n) is 6.98. The Balaban J connectivity index is 1.68. The van der Waals surface area contributed by atoms with Crippen LogP contribution in [-0.2, 0) is 11.2 Å². The maximum Gasteiger partial charge on any atom is 0.261 e. The molecule has 1 aliphatic carbocycles. The molecule has 1 aromatic rings. The van der Waals surface area contributed by atoms with Gasteiger partial charge in [-0.15, -0.1) is 0 Å². The van der Waals surface area contributed by atoms with Gasteiger partial charge in [0.25, 0.3) is 5.91 Å². The van der Waals surface area contributed by atoms with Gasteiger partial charge in [0.05, 0.1) is 13.0 Å². The monoisotopic (exact) mass is 270 g/mol. The number of benzene rings is 1. The molecule has 1 aliphatic heterocycles. The van der Waals surface area contributed by atoms with Crippen molar-refractivity contribution in [2.75, 3.05) is 13.1 Å².